The lowest BCUT2D eigenvalue weighted by Crippen LogP contribution is -2.32. The Kier molecular flexibility index (Phi) is 5.15. The summed E-state index contributed by atoms with van der Waals surface area (Å²) >= 11 is 0. The zero-order valence-electron chi connectivity index (χ0n) is 13.3. The maximum Gasteiger partial charge on any atom is 0.226 e. The van der Waals surface area contributed by atoms with Crippen molar-refractivity contribution in [2.24, 2.45) is 5.92 Å². The van der Waals surface area contributed by atoms with Gasteiger partial charge in [0, 0.05) is 18.9 Å². The largest absolute Gasteiger partial charge is 0.355 e. The SMILES string of the molecule is O=C(CCNC(=O)C1CCCC1)Nc1ccc(-n2cncn2)nc1. The number of nitrogens with zero attached hydrogens (tertiary/aromatic N) is 4. The first-order chi connectivity index (χ1) is 11.7. The quantitative estimate of drug-likeness (QED) is 0.832. The van der Waals surface area contributed by atoms with Crippen molar-refractivity contribution < 1.29 is 9.59 Å². The van der Waals surface area contributed by atoms with E-state index in [4.69, 9.17) is 0 Å². The van der Waals surface area contributed by atoms with Crippen molar-refractivity contribution in [2.45, 2.75) is 32.1 Å². The molecule has 2 aromatic rings. The van der Waals surface area contributed by atoms with Gasteiger partial charge in [0.05, 0.1) is 11.9 Å². The molecule has 1 aliphatic rings. The number of rotatable bonds is 6. The number of hydrogen-bond acceptors (Lipinski definition) is 5. The van der Waals surface area contributed by atoms with Crippen LogP contribution in [0, 0.1) is 5.92 Å². The summed E-state index contributed by atoms with van der Waals surface area (Å²) in [6.45, 7) is 0.353. The first-order valence-corrected chi connectivity index (χ1v) is 8.11. The lowest BCUT2D eigenvalue weighted by atomic mass is 10.1. The van der Waals surface area contributed by atoms with E-state index in [1.807, 2.05) is 0 Å². The van der Waals surface area contributed by atoms with Gasteiger partial charge in [-0.25, -0.2) is 14.6 Å². The van der Waals surface area contributed by atoms with E-state index in [-0.39, 0.29) is 24.2 Å². The van der Waals surface area contributed by atoms with Crippen LogP contribution in [-0.2, 0) is 9.59 Å². The second-order valence-corrected chi connectivity index (χ2v) is 5.82. The van der Waals surface area contributed by atoms with E-state index in [9.17, 15) is 9.59 Å². The van der Waals surface area contributed by atoms with Gasteiger partial charge in [-0.1, -0.05) is 12.8 Å². The number of hydrogen-bond donors (Lipinski definition) is 2. The van der Waals surface area contributed by atoms with Gasteiger partial charge < -0.3 is 10.6 Å². The summed E-state index contributed by atoms with van der Waals surface area (Å²) in [5.74, 6) is 0.659. The molecule has 2 amide bonds. The van der Waals surface area contributed by atoms with Crippen molar-refractivity contribution in [3.63, 3.8) is 0 Å². The molecule has 8 heteroatoms. The molecule has 3 rings (SSSR count). The van der Waals surface area contributed by atoms with Crippen molar-refractivity contribution >= 4 is 17.5 Å². The maximum atomic E-state index is 11.9. The average Bonchev–Trinajstić information content (AvgIpc) is 3.29. The Balaban J connectivity index is 1.42. The van der Waals surface area contributed by atoms with E-state index in [2.05, 4.69) is 25.7 Å². The van der Waals surface area contributed by atoms with E-state index in [0.717, 1.165) is 25.7 Å². The van der Waals surface area contributed by atoms with Gasteiger partial charge in [-0.05, 0) is 25.0 Å². The van der Waals surface area contributed by atoms with E-state index in [1.165, 1.54) is 11.0 Å². The topological polar surface area (TPSA) is 102 Å². The molecule has 0 spiro atoms. The van der Waals surface area contributed by atoms with Gasteiger partial charge >= 0.3 is 0 Å². The molecular weight excluding hydrogens is 308 g/mol. The summed E-state index contributed by atoms with van der Waals surface area (Å²) in [6.07, 6.45) is 8.94. The molecule has 8 nitrogen and oxygen atoms in total. The number of anilines is 1. The van der Waals surface area contributed by atoms with Crippen LogP contribution < -0.4 is 10.6 Å². The highest BCUT2D eigenvalue weighted by Crippen LogP contribution is 2.24. The number of amides is 2. The minimum atomic E-state index is -0.156. The van der Waals surface area contributed by atoms with Crippen molar-refractivity contribution in [3.8, 4) is 5.82 Å². The van der Waals surface area contributed by atoms with E-state index >= 15 is 0 Å². The molecule has 2 aromatic heterocycles. The fourth-order valence-corrected chi connectivity index (χ4v) is 2.78. The Morgan fingerprint density at radius 3 is 2.75 bits per heavy atom. The lowest BCUT2D eigenvalue weighted by molar-refractivity contribution is -0.124. The predicted molar refractivity (Wildman–Crippen MR) is 87.4 cm³/mol. The molecular formula is C16H20N6O2. The zero-order chi connectivity index (χ0) is 16.8. The van der Waals surface area contributed by atoms with Gasteiger partial charge in [0.15, 0.2) is 5.82 Å². The molecule has 0 bridgehead atoms. The van der Waals surface area contributed by atoms with E-state index in [0.29, 0.717) is 18.1 Å². The summed E-state index contributed by atoms with van der Waals surface area (Å²) in [6, 6.07) is 3.49. The molecule has 0 aromatic carbocycles. The molecule has 0 radical (unpaired) electrons. The fourth-order valence-electron chi connectivity index (χ4n) is 2.78. The molecule has 1 aliphatic carbocycles. The Bertz CT molecular complexity index is 677. The molecule has 2 heterocycles. The maximum absolute atomic E-state index is 11.9. The van der Waals surface area contributed by atoms with Gasteiger partial charge in [-0.15, -0.1) is 0 Å². The van der Waals surface area contributed by atoms with Crippen LogP contribution in [0.25, 0.3) is 5.82 Å². The molecule has 0 atom stereocenters. The second kappa shape index (κ2) is 7.67. The van der Waals surface area contributed by atoms with Crippen LogP contribution in [0.15, 0.2) is 31.0 Å². The molecule has 126 valence electrons. The zero-order valence-corrected chi connectivity index (χ0v) is 13.3. The van der Waals surface area contributed by atoms with Crippen molar-refractivity contribution in [3.05, 3.63) is 31.0 Å². The minimum Gasteiger partial charge on any atom is -0.355 e. The van der Waals surface area contributed by atoms with Crippen LogP contribution >= 0.6 is 0 Å². The molecule has 0 saturated heterocycles. The smallest absolute Gasteiger partial charge is 0.226 e. The molecule has 1 saturated carbocycles. The van der Waals surface area contributed by atoms with E-state index in [1.54, 1.807) is 24.7 Å². The van der Waals surface area contributed by atoms with Crippen LogP contribution in [0.5, 0.6) is 0 Å². The molecule has 1 fully saturated rings. The highest BCUT2D eigenvalue weighted by atomic mass is 16.2. The molecule has 0 aliphatic heterocycles. The second-order valence-electron chi connectivity index (χ2n) is 5.82. The number of aromatic nitrogens is 4. The summed E-state index contributed by atoms with van der Waals surface area (Å²) in [7, 11) is 0. The Morgan fingerprint density at radius 2 is 2.08 bits per heavy atom. The van der Waals surface area contributed by atoms with Crippen molar-refractivity contribution in [1.29, 1.82) is 0 Å². The van der Waals surface area contributed by atoms with Gasteiger partial charge in [0.2, 0.25) is 11.8 Å². The predicted octanol–water partition coefficient (Wildman–Crippen LogP) is 1.30. The molecule has 0 unspecified atom stereocenters. The highest BCUT2D eigenvalue weighted by molar-refractivity contribution is 5.91. The van der Waals surface area contributed by atoms with Crippen LogP contribution in [0.1, 0.15) is 32.1 Å². The third kappa shape index (κ3) is 4.15. The third-order valence-corrected chi connectivity index (χ3v) is 4.06. The van der Waals surface area contributed by atoms with Crippen molar-refractivity contribution in [2.75, 3.05) is 11.9 Å². The molecule has 2 N–H and O–H groups in total. The standard InChI is InChI=1S/C16H20N6O2/c23-15(7-8-18-16(24)12-3-1-2-4-12)21-13-5-6-14(19-9-13)22-11-17-10-20-22/h5-6,9-12H,1-4,7-8H2,(H,18,24)(H,21,23). The first-order valence-electron chi connectivity index (χ1n) is 8.11. The Morgan fingerprint density at radius 1 is 1.25 bits per heavy atom. The number of pyridine rings is 1. The van der Waals surface area contributed by atoms with Gasteiger partial charge in [0.1, 0.15) is 12.7 Å². The Labute approximate surface area is 139 Å². The summed E-state index contributed by atoms with van der Waals surface area (Å²) in [4.78, 5) is 31.8. The van der Waals surface area contributed by atoms with Crippen LogP contribution in [0.4, 0.5) is 5.69 Å². The number of nitrogens with one attached hydrogen (secondary N) is 2. The van der Waals surface area contributed by atoms with Crippen LogP contribution in [-0.4, -0.2) is 38.1 Å². The van der Waals surface area contributed by atoms with Crippen LogP contribution in [0.3, 0.4) is 0 Å². The summed E-state index contributed by atoms with van der Waals surface area (Å²) < 4.78 is 1.53. The molecule has 24 heavy (non-hydrogen) atoms. The Hall–Kier alpha value is -2.77. The normalized spacial score (nSPS) is 14.5. The van der Waals surface area contributed by atoms with Crippen LogP contribution in [0.2, 0.25) is 0 Å². The highest BCUT2D eigenvalue weighted by Gasteiger charge is 2.22. The third-order valence-electron chi connectivity index (χ3n) is 4.06. The van der Waals surface area contributed by atoms with Crippen molar-refractivity contribution in [1.82, 2.24) is 25.1 Å². The lowest BCUT2D eigenvalue weighted by Gasteiger charge is -2.10. The number of carbonyl (C=O) groups is 2. The van der Waals surface area contributed by atoms with Gasteiger partial charge in [-0.3, -0.25) is 9.59 Å². The van der Waals surface area contributed by atoms with Gasteiger partial charge in [0.25, 0.3) is 0 Å². The minimum absolute atomic E-state index is 0.0687. The average molecular weight is 328 g/mol. The summed E-state index contributed by atoms with van der Waals surface area (Å²) in [5.41, 5.74) is 0.603. The number of carbonyl (C=O) groups excluding carboxylic acids is 2. The first kappa shape index (κ1) is 16.1. The van der Waals surface area contributed by atoms with E-state index < -0.39 is 0 Å². The van der Waals surface area contributed by atoms with Gasteiger partial charge in [-0.2, -0.15) is 5.10 Å². The fraction of sp³-hybridized carbons (Fsp3) is 0.438. The monoisotopic (exact) mass is 328 g/mol. The summed E-state index contributed by atoms with van der Waals surface area (Å²) in [5, 5.41) is 9.58.